The number of carbonyl (C=O) groups excluding carboxylic acids is 1. The normalized spacial score (nSPS) is 12.1. The first kappa shape index (κ1) is 15.3. The summed E-state index contributed by atoms with van der Waals surface area (Å²) in [5.74, 6) is 0. The maximum atomic E-state index is 12.7. The quantitative estimate of drug-likeness (QED) is 0.794. The highest BCUT2D eigenvalue weighted by atomic mass is 19.4. The van der Waals surface area contributed by atoms with Crippen molar-refractivity contribution in [3.8, 4) is 0 Å². The van der Waals surface area contributed by atoms with Crippen LogP contribution in [0.4, 0.5) is 23.7 Å². The average molecular weight is 276 g/mol. The number of hydrogen-bond acceptors (Lipinski definition) is 2. The molecule has 0 aliphatic heterocycles. The van der Waals surface area contributed by atoms with Crippen molar-refractivity contribution in [2.75, 3.05) is 11.9 Å². The molecule has 0 atom stereocenters. The topological polar surface area (TPSA) is 61.4 Å². The number of para-hydroxylation sites is 1. The smallest absolute Gasteiger partial charge is 0.389 e. The Labute approximate surface area is 108 Å². The van der Waals surface area contributed by atoms with Gasteiger partial charge in [-0.15, -0.1) is 0 Å². The Kier molecular flexibility index (Phi) is 4.41. The van der Waals surface area contributed by atoms with Crippen molar-refractivity contribution in [3.63, 3.8) is 0 Å². The molecule has 7 heteroatoms. The van der Waals surface area contributed by atoms with E-state index in [1.54, 1.807) is 0 Å². The van der Waals surface area contributed by atoms with Crippen molar-refractivity contribution in [1.29, 1.82) is 0 Å². The SMILES string of the molecule is CC(C)(O)CNC(=O)Nc1ccccc1C(F)(F)F. The number of urea groups is 1. The van der Waals surface area contributed by atoms with Crippen LogP contribution in [-0.4, -0.2) is 23.3 Å². The molecule has 0 aliphatic rings. The van der Waals surface area contributed by atoms with Gasteiger partial charge in [-0.25, -0.2) is 4.79 Å². The molecule has 1 aromatic rings. The minimum atomic E-state index is -4.54. The lowest BCUT2D eigenvalue weighted by Crippen LogP contribution is -2.40. The summed E-state index contributed by atoms with van der Waals surface area (Å²) >= 11 is 0. The van der Waals surface area contributed by atoms with E-state index in [1.165, 1.54) is 26.0 Å². The van der Waals surface area contributed by atoms with Crippen molar-refractivity contribution >= 4 is 11.7 Å². The third kappa shape index (κ3) is 5.17. The fourth-order valence-electron chi connectivity index (χ4n) is 1.30. The Hall–Kier alpha value is -1.76. The van der Waals surface area contributed by atoms with E-state index in [0.717, 1.165) is 12.1 Å². The van der Waals surface area contributed by atoms with Crippen molar-refractivity contribution in [3.05, 3.63) is 29.8 Å². The molecule has 0 fully saturated rings. The average Bonchev–Trinajstić information content (AvgIpc) is 2.25. The van der Waals surface area contributed by atoms with Crippen molar-refractivity contribution < 1.29 is 23.1 Å². The van der Waals surface area contributed by atoms with Crippen molar-refractivity contribution in [2.45, 2.75) is 25.6 Å². The zero-order valence-corrected chi connectivity index (χ0v) is 10.5. The lowest BCUT2D eigenvalue weighted by molar-refractivity contribution is -0.136. The molecule has 0 spiro atoms. The van der Waals surface area contributed by atoms with Gasteiger partial charge in [0, 0.05) is 6.54 Å². The van der Waals surface area contributed by atoms with Gasteiger partial charge in [0.1, 0.15) is 0 Å². The zero-order valence-electron chi connectivity index (χ0n) is 10.5. The van der Waals surface area contributed by atoms with Gasteiger partial charge in [-0.3, -0.25) is 0 Å². The van der Waals surface area contributed by atoms with Gasteiger partial charge in [0.15, 0.2) is 0 Å². The molecular weight excluding hydrogens is 261 g/mol. The highest BCUT2D eigenvalue weighted by Gasteiger charge is 2.33. The molecule has 2 amide bonds. The number of hydrogen-bond donors (Lipinski definition) is 3. The number of aliphatic hydroxyl groups is 1. The van der Waals surface area contributed by atoms with Crippen LogP contribution in [0.25, 0.3) is 0 Å². The molecule has 0 aromatic heterocycles. The maximum absolute atomic E-state index is 12.7. The van der Waals surface area contributed by atoms with E-state index in [0.29, 0.717) is 0 Å². The molecule has 0 saturated carbocycles. The van der Waals surface area contributed by atoms with Crippen LogP contribution in [0.1, 0.15) is 19.4 Å². The van der Waals surface area contributed by atoms with Crippen LogP contribution in [0, 0.1) is 0 Å². The van der Waals surface area contributed by atoms with E-state index in [9.17, 15) is 23.1 Å². The molecule has 3 N–H and O–H groups in total. The molecule has 0 aliphatic carbocycles. The maximum Gasteiger partial charge on any atom is 0.418 e. The zero-order chi connectivity index (χ0) is 14.7. The first-order valence-corrected chi connectivity index (χ1v) is 5.53. The Morgan fingerprint density at radius 2 is 1.84 bits per heavy atom. The highest BCUT2D eigenvalue weighted by molar-refractivity contribution is 5.90. The predicted molar refractivity (Wildman–Crippen MR) is 64.8 cm³/mol. The molecule has 106 valence electrons. The van der Waals surface area contributed by atoms with Gasteiger partial charge in [-0.1, -0.05) is 12.1 Å². The standard InChI is InChI=1S/C12H15F3N2O2/c1-11(2,19)7-16-10(18)17-9-6-4-3-5-8(9)12(13,14)15/h3-6,19H,7H2,1-2H3,(H2,16,17,18). The van der Waals surface area contributed by atoms with E-state index in [-0.39, 0.29) is 12.2 Å². The van der Waals surface area contributed by atoms with E-state index >= 15 is 0 Å². The van der Waals surface area contributed by atoms with Gasteiger partial charge in [0.2, 0.25) is 0 Å². The molecule has 0 unspecified atom stereocenters. The molecular formula is C12H15F3N2O2. The molecule has 1 rings (SSSR count). The van der Waals surface area contributed by atoms with Gasteiger partial charge in [0.05, 0.1) is 16.9 Å². The Bertz CT molecular complexity index is 453. The van der Waals surface area contributed by atoms with Crippen LogP contribution in [0.3, 0.4) is 0 Å². The molecule has 0 radical (unpaired) electrons. The number of nitrogens with one attached hydrogen (secondary N) is 2. The minimum absolute atomic E-state index is 0.0764. The van der Waals surface area contributed by atoms with Gasteiger partial charge >= 0.3 is 12.2 Å². The highest BCUT2D eigenvalue weighted by Crippen LogP contribution is 2.34. The number of benzene rings is 1. The molecule has 4 nitrogen and oxygen atoms in total. The number of halogens is 3. The summed E-state index contributed by atoms with van der Waals surface area (Å²) in [6.07, 6.45) is -4.54. The summed E-state index contributed by atoms with van der Waals surface area (Å²) in [6.45, 7) is 2.86. The molecule has 1 aromatic carbocycles. The van der Waals surface area contributed by atoms with Gasteiger partial charge in [-0.05, 0) is 26.0 Å². The number of amides is 2. The summed E-state index contributed by atoms with van der Waals surface area (Å²) in [7, 11) is 0. The second-order valence-electron chi connectivity index (χ2n) is 4.66. The van der Waals surface area contributed by atoms with E-state index < -0.39 is 23.4 Å². The third-order valence-electron chi connectivity index (χ3n) is 2.16. The molecule has 0 saturated heterocycles. The van der Waals surface area contributed by atoms with E-state index in [2.05, 4.69) is 10.6 Å². The second kappa shape index (κ2) is 5.48. The summed E-state index contributed by atoms with van der Waals surface area (Å²) < 4.78 is 38.0. The minimum Gasteiger partial charge on any atom is -0.389 e. The number of rotatable bonds is 3. The molecule has 0 heterocycles. The van der Waals surface area contributed by atoms with Crippen LogP contribution >= 0.6 is 0 Å². The van der Waals surface area contributed by atoms with Crippen LogP contribution in [-0.2, 0) is 6.18 Å². The summed E-state index contributed by atoms with van der Waals surface area (Å²) in [5, 5.41) is 13.8. The Morgan fingerprint density at radius 3 is 2.37 bits per heavy atom. The molecule has 0 bridgehead atoms. The first-order valence-electron chi connectivity index (χ1n) is 5.53. The second-order valence-corrected chi connectivity index (χ2v) is 4.66. The van der Waals surface area contributed by atoms with Gasteiger partial charge < -0.3 is 15.7 Å². The Balaban J connectivity index is 2.75. The summed E-state index contributed by atoms with van der Waals surface area (Å²) in [4.78, 5) is 11.4. The van der Waals surface area contributed by atoms with Gasteiger partial charge in [-0.2, -0.15) is 13.2 Å². The predicted octanol–water partition coefficient (Wildman–Crippen LogP) is 2.60. The third-order valence-corrected chi connectivity index (χ3v) is 2.16. The number of carbonyl (C=O) groups is 1. The van der Waals surface area contributed by atoms with E-state index in [4.69, 9.17) is 0 Å². The fourth-order valence-corrected chi connectivity index (χ4v) is 1.30. The lowest BCUT2D eigenvalue weighted by atomic mass is 10.1. The largest absolute Gasteiger partial charge is 0.418 e. The lowest BCUT2D eigenvalue weighted by Gasteiger charge is -2.19. The van der Waals surface area contributed by atoms with Crippen molar-refractivity contribution in [1.82, 2.24) is 5.32 Å². The number of anilines is 1. The van der Waals surface area contributed by atoms with Crippen LogP contribution < -0.4 is 10.6 Å². The number of alkyl halides is 3. The van der Waals surface area contributed by atoms with Crippen LogP contribution in [0.15, 0.2) is 24.3 Å². The fraction of sp³-hybridized carbons (Fsp3) is 0.417. The summed E-state index contributed by atoms with van der Waals surface area (Å²) in [6, 6.07) is 3.86. The monoisotopic (exact) mass is 276 g/mol. The first-order chi connectivity index (χ1) is 8.59. The Morgan fingerprint density at radius 1 is 1.26 bits per heavy atom. The summed E-state index contributed by atoms with van der Waals surface area (Å²) in [5.41, 5.74) is -2.39. The van der Waals surface area contributed by atoms with Gasteiger partial charge in [0.25, 0.3) is 0 Å². The van der Waals surface area contributed by atoms with Crippen LogP contribution in [0.2, 0.25) is 0 Å². The molecule has 19 heavy (non-hydrogen) atoms. The van der Waals surface area contributed by atoms with Crippen LogP contribution in [0.5, 0.6) is 0 Å². The van der Waals surface area contributed by atoms with E-state index in [1.807, 2.05) is 0 Å². The van der Waals surface area contributed by atoms with Crippen molar-refractivity contribution in [2.24, 2.45) is 0 Å².